The molecule has 2 rings (SSSR count). The van der Waals surface area contributed by atoms with Gasteiger partial charge >= 0.3 is 0 Å². The highest BCUT2D eigenvalue weighted by Gasteiger charge is 2.12. The number of benzene rings is 1. The summed E-state index contributed by atoms with van der Waals surface area (Å²) in [5.74, 6) is 0.491. The van der Waals surface area contributed by atoms with E-state index in [1.165, 1.54) is 24.7 Å². The van der Waals surface area contributed by atoms with Crippen LogP contribution in [-0.4, -0.2) is 9.91 Å². The number of oxazole rings is 1. The molecule has 76 valence electrons. The summed E-state index contributed by atoms with van der Waals surface area (Å²) in [5.41, 5.74) is 0.631. The van der Waals surface area contributed by atoms with Crippen molar-refractivity contribution < 1.29 is 9.34 Å². The maximum Gasteiger partial charge on any atom is 0.270 e. The molecule has 1 heterocycles. The smallest absolute Gasteiger partial charge is 0.270 e. The van der Waals surface area contributed by atoms with Crippen molar-refractivity contribution in [1.29, 1.82) is 0 Å². The van der Waals surface area contributed by atoms with Gasteiger partial charge < -0.3 is 4.42 Å². The van der Waals surface area contributed by atoms with Gasteiger partial charge in [0, 0.05) is 22.2 Å². The fraction of sp³-hybridized carbons (Fsp3) is 0. The average molecular weight is 269 g/mol. The summed E-state index contributed by atoms with van der Waals surface area (Å²) in [6.45, 7) is 0. The van der Waals surface area contributed by atoms with E-state index in [4.69, 9.17) is 4.42 Å². The second-order valence-corrected chi connectivity index (χ2v) is 3.64. The van der Waals surface area contributed by atoms with Gasteiger partial charge in [0.15, 0.2) is 12.2 Å². The van der Waals surface area contributed by atoms with Crippen molar-refractivity contribution in [2.45, 2.75) is 0 Å². The van der Waals surface area contributed by atoms with E-state index in [0.29, 0.717) is 11.3 Å². The molecule has 0 atom stereocenters. The molecule has 6 heteroatoms. The number of hydrogen-bond donors (Lipinski definition) is 0. The summed E-state index contributed by atoms with van der Waals surface area (Å²) in [6, 6.07) is 4.46. The van der Waals surface area contributed by atoms with Crippen LogP contribution >= 0.6 is 15.9 Å². The van der Waals surface area contributed by atoms with E-state index in [-0.39, 0.29) is 5.69 Å². The number of nitrogens with zero attached hydrogens (tertiary/aromatic N) is 2. The topological polar surface area (TPSA) is 69.2 Å². The lowest BCUT2D eigenvalue weighted by molar-refractivity contribution is -0.384. The minimum Gasteiger partial charge on any atom is -0.443 e. The van der Waals surface area contributed by atoms with Crippen molar-refractivity contribution in [3.05, 3.63) is 45.4 Å². The Bertz CT molecular complexity index is 496. The fourth-order valence-electron chi connectivity index (χ4n) is 1.16. The van der Waals surface area contributed by atoms with Gasteiger partial charge in [-0.2, -0.15) is 0 Å². The van der Waals surface area contributed by atoms with Crippen molar-refractivity contribution in [1.82, 2.24) is 4.98 Å². The highest BCUT2D eigenvalue weighted by Crippen LogP contribution is 2.31. The number of halogens is 1. The van der Waals surface area contributed by atoms with Gasteiger partial charge in [-0.25, -0.2) is 4.98 Å². The maximum absolute atomic E-state index is 10.6. The minimum atomic E-state index is -0.452. The first-order chi connectivity index (χ1) is 7.18. The molecule has 1 aromatic carbocycles. The average Bonchev–Trinajstić information content (AvgIpc) is 2.71. The van der Waals surface area contributed by atoms with E-state index < -0.39 is 4.92 Å². The molecular formula is C9H5BrN2O3. The van der Waals surface area contributed by atoms with Gasteiger partial charge in [0.25, 0.3) is 5.69 Å². The van der Waals surface area contributed by atoms with Gasteiger partial charge in [-0.1, -0.05) is 15.9 Å². The number of hydrogen-bond acceptors (Lipinski definition) is 4. The van der Waals surface area contributed by atoms with Crippen LogP contribution < -0.4 is 0 Å². The molecule has 0 fully saturated rings. The van der Waals surface area contributed by atoms with Crippen LogP contribution in [0.2, 0.25) is 0 Å². The lowest BCUT2D eigenvalue weighted by Crippen LogP contribution is -1.88. The molecule has 0 N–H and O–H groups in total. The molecule has 0 unspecified atom stereocenters. The van der Waals surface area contributed by atoms with Crippen LogP contribution in [-0.2, 0) is 0 Å². The molecule has 2 aromatic rings. The molecule has 0 saturated carbocycles. The Hall–Kier alpha value is -1.69. The van der Waals surface area contributed by atoms with Gasteiger partial charge in [-0.3, -0.25) is 10.1 Å². The summed E-state index contributed by atoms with van der Waals surface area (Å²) in [5, 5.41) is 10.6. The van der Waals surface area contributed by atoms with Crippen LogP contribution in [0.15, 0.2) is 39.7 Å². The third kappa shape index (κ3) is 1.89. The molecule has 0 spiro atoms. The Balaban J connectivity index is 2.55. The van der Waals surface area contributed by atoms with E-state index >= 15 is 0 Å². The van der Waals surface area contributed by atoms with Crippen LogP contribution in [0.3, 0.4) is 0 Å². The van der Waals surface area contributed by atoms with E-state index in [1.54, 1.807) is 6.07 Å². The number of nitro groups is 1. The van der Waals surface area contributed by atoms with Gasteiger partial charge in [0.2, 0.25) is 0 Å². The molecule has 0 radical (unpaired) electrons. The van der Waals surface area contributed by atoms with Gasteiger partial charge in [-0.15, -0.1) is 0 Å². The second kappa shape index (κ2) is 3.82. The molecule has 0 aliphatic carbocycles. The molecular weight excluding hydrogens is 264 g/mol. The second-order valence-electron chi connectivity index (χ2n) is 2.79. The van der Waals surface area contributed by atoms with Crippen LogP contribution in [0.25, 0.3) is 11.3 Å². The standard InChI is InChI=1S/C9H5BrN2O3/c10-8-2-1-6(12(13)14)3-7(8)9-4-11-5-15-9/h1-5H. The molecule has 1 aromatic heterocycles. The Kier molecular flexibility index (Phi) is 2.51. The largest absolute Gasteiger partial charge is 0.443 e. The minimum absolute atomic E-state index is 0.0181. The van der Waals surface area contributed by atoms with Crippen molar-refractivity contribution in [2.75, 3.05) is 0 Å². The van der Waals surface area contributed by atoms with Gasteiger partial charge in [0.05, 0.1) is 11.1 Å². The predicted molar refractivity (Wildman–Crippen MR) is 56.3 cm³/mol. The zero-order valence-corrected chi connectivity index (χ0v) is 8.97. The highest BCUT2D eigenvalue weighted by molar-refractivity contribution is 9.10. The van der Waals surface area contributed by atoms with Crippen LogP contribution in [0.1, 0.15) is 0 Å². The van der Waals surface area contributed by atoms with Crippen LogP contribution in [0, 0.1) is 10.1 Å². The zero-order chi connectivity index (χ0) is 10.8. The molecule has 0 saturated heterocycles. The van der Waals surface area contributed by atoms with E-state index in [1.807, 2.05) is 0 Å². The first-order valence-corrected chi connectivity index (χ1v) is 4.80. The summed E-state index contributed by atoms with van der Waals surface area (Å²) >= 11 is 3.29. The third-order valence-corrected chi connectivity index (χ3v) is 2.55. The third-order valence-electron chi connectivity index (χ3n) is 1.86. The predicted octanol–water partition coefficient (Wildman–Crippen LogP) is 3.01. The van der Waals surface area contributed by atoms with Gasteiger partial charge in [-0.05, 0) is 6.07 Å². The first-order valence-electron chi connectivity index (χ1n) is 4.01. The number of nitro benzene ring substituents is 1. The zero-order valence-electron chi connectivity index (χ0n) is 7.38. The number of non-ortho nitro benzene ring substituents is 1. The van der Waals surface area contributed by atoms with Gasteiger partial charge in [0.1, 0.15) is 0 Å². The fourth-order valence-corrected chi connectivity index (χ4v) is 1.61. The van der Waals surface area contributed by atoms with Crippen molar-refractivity contribution in [3.63, 3.8) is 0 Å². The summed E-state index contributed by atoms with van der Waals surface area (Å²) in [6.07, 6.45) is 2.78. The van der Waals surface area contributed by atoms with E-state index in [2.05, 4.69) is 20.9 Å². The normalized spacial score (nSPS) is 10.2. The van der Waals surface area contributed by atoms with E-state index in [9.17, 15) is 10.1 Å². The number of aromatic nitrogens is 1. The van der Waals surface area contributed by atoms with Crippen LogP contribution in [0.4, 0.5) is 5.69 Å². The Morgan fingerprint density at radius 1 is 1.47 bits per heavy atom. The SMILES string of the molecule is O=[N+]([O-])c1ccc(Br)c(-c2cnco2)c1. The maximum atomic E-state index is 10.6. The molecule has 0 aliphatic rings. The summed E-state index contributed by atoms with van der Waals surface area (Å²) in [7, 11) is 0. The first kappa shape index (κ1) is 9.85. The monoisotopic (exact) mass is 268 g/mol. The Morgan fingerprint density at radius 2 is 2.27 bits per heavy atom. The Labute approximate surface area is 93.0 Å². The lowest BCUT2D eigenvalue weighted by atomic mass is 10.1. The molecule has 15 heavy (non-hydrogen) atoms. The number of rotatable bonds is 2. The molecule has 0 bridgehead atoms. The van der Waals surface area contributed by atoms with Crippen molar-refractivity contribution in [3.8, 4) is 11.3 Å². The van der Waals surface area contributed by atoms with Crippen LogP contribution in [0.5, 0.6) is 0 Å². The molecule has 5 nitrogen and oxygen atoms in total. The lowest BCUT2D eigenvalue weighted by Gasteiger charge is -1.99. The summed E-state index contributed by atoms with van der Waals surface area (Å²) < 4.78 is 5.80. The quantitative estimate of drug-likeness (QED) is 0.620. The van der Waals surface area contributed by atoms with Crippen molar-refractivity contribution >= 4 is 21.6 Å². The highest BCUT2D eigenvalue weighted by atomic mass is 79.9. The van der Waals surface area contributed by atoms with Crippen molar-refractivity contribution in [2.24, 2.45) is 0 Å². The molecule has 0 amide bonds. The Morgan fingerprint density at radius 3 is 2.87 bits per heavy atom. The van der Waals surface area contributed by atoms with E-state index in [0.717, 1.165) is 4.47 Å². The summed E-state index contributed by atoms with van der Waals surface area (Å²) in [4.78, 5) is 13.9. The molecule has 0 aliphatic heterocycles.